The molecule has 2 heterocycles. The van der Waals surface area contributed by atoms with Gasteiger partial charge in [0.2, 0.25) is 0 Å². The number of nitrogens with one attached hydrogen (secondary N) is 6. The van der Waals surface area contributed by atoms with Crippen LogP contribution in [0.1, 0.15) is 190 Å². The Morgan fingerprint density at radius 3 is 1.11 bits per heavy atom. The molecule has 6 N–H and O–H groups in total. The van der Waals surface area contributed by atoms with Crippen molar-refractivity contribution in [3.63, 3.8) is 0 Å². The van der Waals surface area contributed by atoms with E-state index in [1.807, 2.05) is 38.1 Å². The lowest BCUT2D eigenvalue weighted by Gasteiger charge is -2.31. The summed E-state index contributed by atoms with van der Waals surface area (Å²) in [4.78, 5) is 87.6. The van der Waals surface area contributed by atoms with Crippen LogP contribution in [0, 0.1) is 0 Å². The molecule has 2 atom stereocenters. The number of halogens is 6. The zero-order valence-corrected chi connectivity index (χ0v) is 60.5. The summed E-state index contributed by atoms with van der Waals surface area (Å²) in [6, 6.07) is 30.1. The third-order valence-electron chi connectivity index (χ3n) is 18.4. The van der Waals surface area contributed by atoms with E-state index in [1.54, 1.807) is 24.3 Å². The van der Waals surface area contributed by atoms with Gasteiger partial charge in [-0.25, -0.2) is 9.36 Å². The molecule has 0 aliphatic rings. The van der Waals surface area contributed by atoms with Crippen LogP contribution in [0.25, 0.3) is 11.4 Å². The molecule has 504 valence electrons. The summed E-state index contributed by atoms with van der Waals surface area (Å²) in [7, 11) is 0. The minimum Gasteiger partial charge on any atom is -0.480 e. The quantitative estimate of drug-likeness (QED) is 0.0306. The number of H-pyrrole nitrogens is 2. The van der Waals surface area contributed by atoms with Gasteiger partial charge in [0.25, 0.3) is 34.7 Å². The zero-order valence-electron chi connectivity index (χ0n) is 55.9. The molecule has 0 fully saturated rings. The number of aromatic nitrogens is 4. The Bertz CT molecular complexity index is 4030. The maximum absolute atomic E-state index is 15.1. The summed E-state index contributed by atoms with van der Waals surface area (Å²) in [5, 5.41) is 17.4. The van der Waals surface area contributed by atoms with E-state index in [0.717, 1.165) is 46.2 Å². The van der Waals surface area contributed by atoms with Crippen LogP contribution in [-0.4, -0.2) is 55.4 Å². The van der Waals surface area contributed by atoms with Crippen LogP contribution in [0.15, 0.2) is 119 Å². The van der Waals surface area contributed by atoms with Crippen LogP contribution in [-0.2, 0) is 37.7 Å². The van der Waals surface area contributed by atoms with Crippen LogP contribution < -0.4 is 41.9 Å². The molecule has 2 aromatic heterocycles. The van der Waals surface area contributed by atoms with Crippen molar-refractivity contribution in [2.45, 2.75) is 176 Å². The molecule has 2 unspecified atom stereocenters. The molecule has 0 spiro atoms. The fourth-order valence-corrected chi connectivity index (χ4v) is 12.6. The first-order valence-corrected chi connectivity index (χ1v) is 34.0. The van der Waals surface area contributed by atoms with E-state index in [9.17, 15) is 19.2 Å². The number of aromatic amines is 2. The topological polar surface area (TPSA) is 210 Å². The Hall–Kier alpha value is -7.44. The lowest BCUT2D eigenvalue weighted by atomic mass is 9.76. The highest BCUT2D eigenvalue weighted by Gasteiger charge is 2.33. The van der Waals surface area contributed by atoms with Crippen molar-refractivity contribution >= 4 is 116 Å². The first-order chi connectivity index (χ1) is 44.7. The van der Waals surface area contributed by atoms with Gasteiger partial charge in [-0.2, -0.15) is 0 Å². The number of benzene rings is 6. The van der Waals surface area contributed by atoms with Crippen molar-refractivity contribution in [3.8, 4) is 22.9 Å². The highest BCUT2D eigenvalue weighted by atomic mass is 35.5. The van der Waals surface area contributed by atoms with Gasteiger partial charge in [-0.15, -0.1) is 0 Å². The number of rotatable bonds is 26. The molecule has 22 heteroatoms. The van der Waals surface area contributed by atoms with E-state index in [0.29, 0.717) is 24.3 Å². The van der Waals surface area contributed by atoms with Crippen molar-refractivity contribution in [1.82, 2.24) is 19.6 Å². The number of anilines is 4. The molecule has 6 aromatic carbocycles. The van der Waals surface area contributed by atoms with Gasteiger partial charge in [0.1, 0.15) is 34.5 Å². The van der Waals surface area contributed by atoms with E-state index < -0.39 is 53.4 Å². The van der Waals surface area contributed by atoms with E-state index >= 15 is 9.59 Å². The molecule has 0 aliphatic carbocycles. The molecule has 8 aromatic rings. The minimum atomic E-state index is -0.917. The fourth-order valence-electron chi connectivity index (χ4n) is 10.7. The van der Waals surface area contributed by atoms with Crippen LogP contribution in [0.4, 0.5) is 23.0 Å². The monoisotopic (exact) mass is 1410 g/mol. The number of hydrogen-bond acceptors (Lipinski definition) is 8. The summed E-state index contributed by atoms with van der Waals surface area (Å²) < 4.78 is 15.1. The maximum Gasteiger partial charge on any atom is 0.277 e. The number of hydrogen-bond donors (Lipinski definition) is 6. The first-order valence-electron chi connectivity index (χ1n) is 31.8. The van der Waals surface area contributed by atoms with Crippen LogP contribution in [0.3, 0.4) is 0 Å². The average Bonchev–Trinajstić information content (AvgIpc) is 1.69. The van der Waals surface area contributed by atoms with E-state index in [1.165, 1.54) is 59.7 Å². The largest absolute Gasteiger partial charge is 0.480 e. The smallest absolute Gasteiger partial charge is 0.277 e. The predicted molar refractivity (Wildman–Crippen MR) is 387 cm³/mol. The second kappa shape index (κ2) is 29.9. The van der Waals surface area contributed by atoms with E-state index in [4.69, 9.17) is 79.1 Å². The average molecular weight is 1410 g/mol. The lowest BCUT2D eigenvalue weighted by molar-refractivity contribution is -0.123. The number of nitrogens with zero attached hydrogens (tertiary/aromatic N) is 2. The Balaban J connectivity index is 1.12. The number of carbonyl (C=O) groups is 4. The van der Waals surface area contributed by atoms with Gasteiger partial charge in [-0.05, 0) is 144 Å². The maximum atomic E-state index is 15.1. The summed E-state index contributed by atoms with van der Waals surface area (Å²) in [6.45, 7) is 29.6. The van der Waals surface area contributed by atoms with Crippen molar-refractivity contribution in [2.24, 2.45) is 0 Å². The van der Waals surface area contributed by atoms with Gasteiger partial charge >= 0.3 is 0 Å². The highest BCUT2D eigenvalue weighted by Crippen LogP contribution is 2.42. The molecule has 0 radical (unpaired) electrons. The van der Waals surface area contributed by atoms with Gasteiger partial charge in [0, 0.05) is 50.1 Å². The summed E-state index contributed by atoms with van der Waals surface area (Å²) in [5.74, 6) is -1.65. The fraction of sp³-hybridized carbons (Fsp3) is 0.370. The highest BCUT2D eigenvalue weighted by molar-refractivity contribution is 6.41. The Morgan fingerprint density at radius 1 is 0.453 bits per heavy atom. The SMILES string of the molecule is CCC(Oc1ccc(C(C)(C)CC)cc1C(C)(C)CC)C(=O)Nc1cccc(C(=O)Nc2[nH]n(-c3c(Cl)cc(Cl)cc3Cl)c(=O)c2Cc2c(NC(=O)c3cccc(NC(=O)C(CC)Oc4ccc(C(C)(C)CC)cc4C(C)(C)CC)c3)[nH]n(-c3c(Cl)cc(Cl)cc3Cl)c2=O)c1. The number of amides is 4. The molecule has 8 rings (SSSR count). The van der Waals surface area contributed by atoms with Gasteiger partial charge in [-0.1, -0.05) is 203 Å². The first kappa shape index (κ1) is 73.4. The van der Waals surface area contributed by atoms with Crippen molar-refractivity contribution in [3.05, 3.63) is 205 Å². The second-order valence-electron chi connectivity index (χ2n) is 26.3. The van der Waals surface area contributed by atoms with Crippen molar-refractivity contribution < 1.29 is 28.7 Å². The molecule has 16 nitrogen and oxygen atoms in total. The minimum absolute atomic E-state index is 0.0477. The van der Waals surface area contributed by atoms with E-state index in [-0.39, 0.29) is 108 Å². The lowest BCUT2D eigenvalue weighted by Crippen LogP contribution is -2.33. The Kier molecular flexibility index (Phi) is 23.1. The molecular weight excluding hydrogens is 1330 g/mol. The second-order valence-corrected chi connectivity index (χ2v) is 28.8. The molecule has 4 amide bonds. The molecule has 0 aliphatic heterocycles. The van der Waals surface area contributed by atoms with Crippen LogP contribution in [0.2, 0.25) is 30.1 Å². The summed E-state index contributed by atoms with van der Waals surface area (Å²) in [6.07, 6.45) is 1.72. The van der Waals surface area contributed by atoms with Crippen LogP contribution >= 0.6 is 69.6 Å². The number of carbonyl (C=O) groups excluding carboxylic acids is 4. The van der Waals surface area contributed by atoms with Gasteiger partial charge < -0.3 is 30.7 Å². The van der Waals surface area contributed by atoms with Crippen molar-refractivity contribution in [1.29, 1.82) is 0 Å². The Morgan fingerprint density at radius 2 is 0.789 bits per heavy atom. The third-order valence-corrected chi connectivity index (χ3v) is 20.0. The summed E-state index contributed by atoms with van der Waals surface area (Å²) >= 11 is 39.6. The van der Waals surface area contributed by atoms with Gasteiger partial charge in [-0.3, -0.25) is 39.0 Å². The normalized spacial score (nSPS) is 12.7. The molecule has 0 bridgehead atoms. The summed E-state index contributed by atoms with van der Waals surface area (Å²) in [5.41, 5.74) is 2.03. The molecule has 95 heavy (non-hydrogen) atoms. The zero-order chi connectivity index (χ0) is 69.8. The van der Waals surface area contributed by atoms with Gasteiger partial charge in [0.15, 0.2) is 12.2 Å². The molecular formula is C73H82Cl6N8O8. The third kappa shape index (κ3) is 16.4. The standard InChI is InChI=1S/C73H82Cl6N8O8/c1-15-56(94-58-29-27-42(70(7,8)17-3)33-50(58)72(11,12)19-5)66(90)80-46-25-21-23-40(31-46)64(88)82-62-48(68(92)86(84-62)60-52(76)35-44(74)36-53(60)77)39-49-63(85-87(69(49)93)61-54(78)37-45(75)38-55(61)79)83-65(89)41-24-22-26-47(32-41)81-67(91)57(16-2)95-59-30-28-43(71(9,10)18-4)34-51(59)73(13,14)20-6/h21-38,56-57,84-85H,15-20,39H2,1-14H3,(H,80,90)(H,81,91)(H,82,88)(H,83,89). The van der Waals surface area contributed by atoms with Crippen molar-refractivity contribution in [2.75, 3.05) is 21.3 Å². The molecule has 0 saturated carbocycles. The Labute approximate surface area is 585 Å². The van der Waals surface area contributed by atoms with E-state index in [2.05, 4.69) is 127 Å². The molecule has 0 saturated heterocycles. The predicted octanol–water partition coefficient (Wildman–Crippen LogP) is 19.0. The van der Waals surface area contributed by atoms with Crippen LogP contribution in [0.5, 0.6) is 11.5 Å². The number of ether oxygens (including phenoxy) is 2. The van der Waals surface area contributed by atoms with Gasteiger partial charge in [0.05, 0.1) is 31.2 Å².